The average Bonchev–Trinajstić information content (AvgIpc) is 3.03. The van der Waals surface area contributed by atoms with E-state index in [1.54, 1.807) is 12.4 Å². The molecule has 2 heterocycles. The molecule has 9 heteroatoms. The number of carbonyl (C=O) groups excluding carboxylic acids is 2. The van der Waals surface area contributed by atoms with Gasteiger partial charge in [-0.25, -0.2) is 4.79 Å². The van der Waals surface area contributed by atoms with Crippen LogP contribution in [0.15, 0.2) is 36.7 Å². The Kier molecular flexibility index (Phi) is 11.9. The molecule has 1 saturated carbocycles. The average molecular weight is 613 g/mol. The third kappa shape index (κ3) is 8.08. The molecule has 1 aliphatic carbocycles. The van der Waals surface area contributed by atoms with Crippen LogP contribution >= 0.6 is 11.6 Å². The highest BCUT2D eigenvalue weighted by Gasteiger charge is 2.44. The van der Waals surface area contributed by atoms with Crippen LogP contribution in [0.4, 0.5) is 4.79 Å². The second-order valence-corrected chi connectivity index (χ2v) is 13.1. The lowest BCUT2D eigenvalue weighted by Gasteiger charge is -2.44. The van der Waals surface area contributed by atoms with Crippen molar-refractivity contribution in [2.45, 2.75) is 76.7 Å². The molecule has 0 spiro atoms. The fraction of sp³-hybridized carbons (Fsp3) is 0.618. The number of ether oxygens (including phenoxy) is 1. The van der Waals surface area contributed by atoms with Gasteiger partial charge in [-0.15, -0.1) is 0 Å². The van der Waals surface area contributed by atoms with Crippen LogP contribution in [0.1, 0.15) is 82.3 Å². The van der Waals surface area contributed by atoms with Crippen molar-refractivity contribution in [3.63, 3.8) is 0 Å². The number of piperidine rings is 1. The minimum Gasteiger partial charge on any atom is -0.453 e. The number of halogens is 1. The number of methoxy groups -OCH3 is 1. The number of rotatable bonds is 11. The van der Waals surface area contributed by atoms with E-state index in [-0.39, 0.29) is 17.7 Å². The van der Waals surface area contributed by atoms with Crippen molar-refractivity contribution in [1.29, 1.82) is 0 Å². The zero-order valence-electron chi connectivity index (χ0n) is 26.2. The lowest BCUT2D eigenvalue weighted by molar-refractivity contribution is -0.142. The first-order chi connectivity index (χ1) is 20.7. The normalized spacial score (nSPS) is 22.2. The summed E-state index contributed by atoms with van der Waals surface area (Å²) in [7, 11) is 3.32. The van der Waals surface area contributed by atoms with Crippen LogP contribution in [0.3, 0.4) is 0 Å². The van der Waals surface area contributed by atoms with Gasteiger partial charge in [0.15, 0.2) is 0 Å². The standard InChI is InChI=1S/C34H49ClN4O4/c1-23(2)26-8-5-9-27(18-26)31-29(20-37-21-30(31)35)34(42,15-7-16-38-33(41)43-4)28-10-6-17-39(22-28)32(40)25-13-11-24(12-14-25)19-36-3/h5,8-9,18,20-21,23-25,28,36,42H,6-7,10-17,19,22H2,1-4H3,(H,38,41)/t24?,25?,28-,34+/m1/s1. The highest BCUT2D eigenvalue weighted by Crippen LogP contribution is 2.46. The molecule has 2 aliphatic rings. The third-order valence-electron chi connectivity index (χ3n) is 9.49. The van der Waals surface area contributed by atoms with Crippen molar-refractivity contribution in [2.24, 2.45) is 17.8 Å². The van der Waals surface area contributed by atoms with E-state index in [4.69, 9.17) is 16.3 Å². The van der Waals surface area contributed by atoms with Crippen LogP contribution in [-0.2, 0) is 15.1 Å². The maximum Gasteiger partial charge on any atom is 0.406 e. The van der Waals surface area contributed by atoms with Crippen LogP contribution in [0.25, 0.3) is 11.1 Å². The SMILES string of the molecule is CNCC1CCC(C(=O)N2CCC[C@@H]([C@@](O)(CCCNC(=O)OC)c3cncc(Cl)c3-c3cccc(C(C)C)c3)C2)CC1. The molecule has 0 radical (unpaired) electrons. The number of aliphatic hydroxyl groups is 1. The number of benzene rings is 1. The summed E-state index contributed by atoms with van der Waals surface area (Å²) >= 11 is 6.86. The highest BCUT2D eigenvalue weighted by molar-refractivity contribution is 6.33. The Labute approximate surface area is 261 Å². The molecule has 8 nitrogen and oxygen atoms in total. The monoisotopic (exact) mass is 612 g/mol. The molecule has 1 aromatic heterocycles. The Hall–Kier alpha value is -2.68. The maximum absolute atomic E-state index is 13.8. The molecule has 4 rings (SSSR count). The maximum atomic E-state index is 13.8. The Morgan fingerprint density at radius 2 is 1.95 bits per heavy atom. The number of alkyl carbamates (subject to hydrolysis) is 1. The number of nitrogens with zero attached hydrogens (tertiary/aromatic N) is 2. The van der Waals surface area contributed by atoms with Crippen LogP contribution in [0.5, 0.6) is 0 Å². The fourth-order valence-corrected chi connectivity index (χ4v) is 7.28. The fourth-order valence-electron chi connectivity index (χ4n) is 7.02. The van der Waals surface area contributed by atoms with E-state index in [0.717, 1.165) is 56.2 Å². The van der Waals surface area contributed by atoms with Gasteiger partial charge >= 0.3 is 6.09 Å². The predicted molar refractivity (Wildman–Crippen MR) is 171 cm³/mol. The molecular weight excluding hydrogens is 564 g/mol. The van der Waals surface area contributed by atoms with E-state index in [1.807, 2.05) is 24.1 Å². The highest BCUT2D eigenvalue weighted by atomic mass is 35.5. The van der Waals surface area contributed by atoms with Crippen molar-refractivity contribution < 1.29 is 19.4 Å². The summed E-state index contributed by atoms with van der Waals surface area (Å²) < 4.78 is 4.74. The number of likely N-dealkylation sites (tertiary alicyclic amines) is 1. The molecule has 1 aromatic carbocycles. The number of pyridine rings is 1. The lowest BCUT2D eigenvalue weighted by Crippen LogP contribution is -2.50. The number of nitrogens with one attached hydrogen (secondary N) is 2. The van der Waals surface area contributed by atoms with Crippen molar-refractivity contribution >= 4 is 23.6 Å². The molecule has 2 atom stereocenters. The quantitative estimate of drug-likeness (QED) is 0.264. The van der Waals surface area contributed by atoms with Gasteiger partial charge in [-0.05, 0) is 87.9 Å². The van der Waals surface area contributed by atoms with Gasteiger partial charge in [-0.3, -0.25) is 9.78 Å². The summed E-state index contributed by atoms with van der Waals surface area (Å²) in [6.07, 6.45) is 9.33. The van der Waals surface area contributed by atoms with Gasteiger partial charge in [0.25, 0.3) is 0 Å². The van der Waals surface area contributed by atoms with Gasteiger partial charge < -0.3 is 25.4 Å². The predicted octanol–water partition coefficient (Wildman–Crippen LogP) is 6.11. The second kappa shape index (κ2) is 15.4. The first-order valence-corrected chi connectivity index (χ1v) is 16.3. The van der Waals surface area contributed by atoms with Crippen molar-refractivity contribution in [3.05, 3.63) is 52.8 Å². The molecule has 1 aliphatic heterocycles. The smallest absolute Gasteiger partial charge is 0.406 e. The zero-order valence-corrected chi connectivity index (χ0v) is 27.0. The Morgan fingerprint density at radius 3 is 2.65 bits per heavy atom. The summed E-state index contributed by atoms with van der Waals surface area (Å²) in [5.41, 5.74) is 2.24. The van der Waals surface area contributed by atoms with Crippen molar-refractivity contribution in [2.75, 3.05) is 40.3 Å². The van der Waals surface area contributed by atoms with Crippen LogP contribution in [0, 0.1) is 17.8 Å². The minimum atomic E-state index is -1.32. The minimum absolute atomic E-state index is 0.0476. The zero-order chi connectivity index (χ0) is 31.0. The van der Waals surface area contributed by atoms with Gasteiger partial charge in [0, 0.05) is 55.0 Å². The first-order valence-electron chi connectivity index (χ1n) is 15.9. The van der Waals surface area contributed by atoms with Gasteiger partial charge in [-0.1, -0.05) is 49.7 Å². The molecule has 236 valence electrons. The molecule has 0 bridgehead atoms. The molecule has 2 aromatic rings. The largest absolute Gasteiger partial charge is 0.453 e. The van der Waals surface area contributed by atoms with Crippen molar-refractivity contribution in [3.8, 4) is 11.1 Å². The van der Waals surface area contributed by atoms with E-state index < -0.39 is 11.7 Å². The number of hydrogen-bond acceptors (Lipinski definition) is 6. The van der Waals surface area contributed by atoms with E-state index in [1.165, 1.54) is 12.7 Å². The Bertz CT molecular complexity index is 1230. The number of hydrogen-bond donors (Lipinski definition) is 3. The van der Waals surface area contributed by atoms with Crippen LogP contribution < -0.4 is 10.6 Å². The molecule has 2 amide bonds. The van der Waals surface area contributed by atoms with Gasteiger partial charge in [-0.2, -0.15) is 0 Å². The summed E-state index contributed by atoms with van der Waals surface area (Å²) in [5, 5.41) is 19.3. The molecule has 43 heavy (non-hydrogen) atoms. The topological polar surface area (TPSA) is 104 Å². The Balaban J connectivity index is 1.64. The van der Waals surface area contributed by atoms with Crippen LogP contribution in [-0.4, -0.2) is 67.3 Å². The number of aromatic nitrogens is 1. The van der Waals surface area contributed by atoms with E-state index in [9.17, 15) is 14.7 Å². The number of amides is 2. The summed E-state index contributed by atoms with van der Waals surface area (Å²) in [6.45, 7) is 6.85. The van der Waals surface area contributed by atoms with Gasteiger partial charge in [0.1, 0.15) is 0 Å². The first kappa shape index (κ1) is 33.2. The number of carbonyl (C=O) groups is 2. The summed E-state index contributed by atoms with van der Waals surface area (Å²) in [5.74, 6) is 1.02. The molecule has 2 fully saturated rings. The van der Waals surface area contributed by atoms with E-state index in [2.05, 4.69) is 41.6 Å². The van der Waals surface area contributed by atoms with Crippen LogP contribution in [0.2, 0.25) is 5.02 Å². The third-order valence-corrected chi connectivity index (χ3v) is 9.78. The Morgan fingerprint density at radius 1 is 1.19 bits per heavy atom. The lowest BCUT2D eigenvalue weighted by atomic mass is 9.72. The summed E-state index contributed by atoms with van der Waals surface area (Å²) in [4.78, 5) is 31.9. The molecule has 0 unspecified atom stereocenters. The van der Waals surface area contributed by atoms with E-state index in [0.29, 0.717) is 54.9 Å². The molecule has 1 saturated heterocycles. The second-order valence-electron chi connectivity index (χ2n) is 12.7. The van der Waals surface area contributed by atoms with E-state index >= 15 is 0 Å². The van der Waals surface area contributed by atoms with Gasteiger partial charge in [0.2, 0.25) is 5.91 Å². The molecular formula is C34H49ClN4O4. The molecule has 3 N–H and O–H groups in total. The van der Waals surface area contributed by atoms with Crippen molar-refractivity contribution in [1.82, 2.24) is 20.5 Å². The van der Waals surface area contributed by atoms with Gasteiger partial charge in [0.05, 0.1) is 17.7 Å². The summed E-state index contributed by atoms with van der Waals surface area (Å²) in [6, 6.07) is 8.29.